The van der Waals surface area contributed by atoms with Crippen molar-refractivity contribution in [1.29, 1.82) is 0 Å². The minimum atomic E-state index is -1.07. The van der Waals surface area contributed by atoms with E-state index in [1.165, 1.54) is 13.0 Å². The van der Waals surface area contributed by atoms with Crippen LogP contribution in [0.4, 0.5) is 8.78 Å². The zero-order chi connectivity index (χ0) is 12.3. The summed E-state index contributed by atoms with van der Waals surface area (Å²) in [5, 5.41) is 9.68. The van der Waals surface area contributed by atoms with E-state index in [0.29, 0.717) is 5.56 Å². The van der Waals surface area contributed by atoms with Crippen molar-refractivity contribution in [3.05, 3.63) is 34.9 Å². The summed E-state index contributed by atoms with van der Waals surface area (Å²) in [4.78, 5) is 0. The summed E-state index contributed by atoms with van der Waals surface area (Å²) in [5.74, 6) is -1.36. The molecule has 1 aromatic carbocycles. The number of aliphatic hydroxyl groups excluding tert-OH is 1. The molecule has 1 aromatic rings. The summed E-state index contributed by atoms with van der Waals surface area (Å²) < 4.78 is 31.5. The molecule has 1 N–H and O–H groups in total. The average molecular weight is 230 g/mol. The van der Waals surface area contributed by atoms with Crippen molar-refractivity contribution in [3.63, 3.8) is 0 Å². The van der Waals surface area contributed by atoms with Gasteiger partial charge in [-0.25, -0.2) is 8.78 Å². The van der Waals surface area contributed by atoms with Crippen LogP contribution in [-0.4, -0.2) is 17.8 Å². The molecule has 0 aliphatic heterocycles. The van der Waals surface area contributed by atoms with E-state index >= 15 is 0 Å². The third kappa shape index (κ3) is 3.25. The molecule has 1 unspecified atom stereocenters. The lowest BCUT2D eigenvalue weighted by atomic mass is 10.1. The topological polar surface area (TPSA) is 29.5 Å². The molecule has 0 bridgehead atoms. The van der Waals surface area contributed by atoms with E-state index in [-0.39, 0.29) is 18.3 Å². The number of aliphatic hydroxyl groups is 1. The third-order valence-electron chi connectivity index (χ3n) is 2.22. The number of benzene rings is 1. The van der Waals surface area contributed by atoms with Gasteiger partial charge in [-0.2, -0.15) is 0 Å². The first-order valence-corrected chi connectivity index (χ1v) is 5.17. The van der Waals surface area contributed by atoms with Gasteiger partial charge < -0.3 is 9.84 Å². The van der Waals surface area contributed by atoms with E-state index in [0.717, 1.165) is 6.07 Å². The smallest absolute Gasteiger partial charge is 0.132 e. The van der Waals surface area contributed by atoms with Crippen LogP contribution in [0.1, 0.15) is 31.1 Å². The highest BCUT2D eigenvalue weighted by molar-refractivity contribution is 5.27. The summed E-state index contributed by atoms with van der Waals surface area (Å²) in [6, 6.07) is 2.09. The molecule has 0 saturated carbocycles. The van der Waals surface area contributed by atoms with Crippen LogP contribution >= 0.6 is 0 Å². The first-order chi connectivity index (χ1) is 7.41. The Kier molecular flexibility index (Phi) is 4.38. The van der Waals surface area contributed by atoms with Crippen molar-refractivity contribution >= 4 is 0 Å². The zero-order valence-electron chi connectivity index (χ0n) is 9.63. The summed E-state index contributed by atoms with van der Waals surface area (Å²) in [6.45, 7) is 5.16. The number of ether oxygens (including phenoxy) is 1. The SMILES string of the molecule is Cc1cc(C(O)COC(C)C)c(F)cc1F. The minimum absolute atomic E-state index is 0.000338. The van der Waals surface area contributed by atoms with Crippen LogP contribution in [0.25, 0.3) is 0 Å². The molecule has 16 heavy (non-hydrogen) atoms. The molecule has 0 fully saturated rings. The van der Waals surface area contributed by atoms with Crippen molar-refractivity contribution in [3.8, 4) is 0 Å². The lowest BCUT2D eigenvalue weighted by Crippen LogP contribution is -2.13. The van der Waals surface area contributed by atoms with Crippen LogP contribution in [0.2, 0.25) is 0 Å². The molecule has 1 rings (SSSR count). The van der Waals surface area contributed by atoms with Crippen LogP contribution < -0.4 is 0 Å². The van der Waals surface area contributed by atoms with Gasteiger partial charge in [0.2, 0.25) is 0 Å². The number of hydrogen-bond acceptors (Lipinski definition) is 2. The highest BCUT2D eigenvalue weighted by Crippen LogP contribution is 2.21. The molecular weight excluding hydrogens is 214 g/mol. The van der Waals surface area contributed by atoms with E-state index in [1.54, 1.807) is 0 Å². The van der Waals surface area contributed by atoms with Crippen LogP contribution in [0.5, 0.6) is 0 Å². The van der Waals surface area contributed by atoms with E-state index in [4.69, 9.17) is 4.74 Å². The largest absolute Gasteiger partial charge is 0.386 e. The molecule has 4 heteroatoms. The lowest BCUT2D eigenvalue weighted by Gasteiger charge is -2.15. The van der Waals surface area contributed by atoms with Crippen molar-refractivity contribution < 1.29 is 18.6 Å². The molecule has 0 saturated heterocycles. The second-order valence-electron chi connectivity index (χ2n) is 4.02. The van der Waals surface area contributed by atoms with Gasteiger partial charge in [0, 0.05) is 11.6 Å². The molecule has 90 valence electrons. The van der Waals surface area contributed by atoms with Gasteiger partial charge in [0.15, 0.2) is 0 Å². The molecule has 0 heterocycles. The monoisotopic (exact) mass is 230 g/mol. The number of aryl methyl sites for hydroxylation is 1. The van der Waals surface area contributed by atoms with E-state index in [2.05, 4.69) is 0 Å². The first-order valence-electron chi connectivity index (χ1n) is 5.17. The third-order valence-corrected chi connectivity index (χ3v) is 2.22. The molecule has 1 atom stereocenters. The van der Waals surface area contributed by atoms with Gasteiger partial charge in [-0.15, -0.1) is 0 Å². The summed E-state index contributed by atoms with van der Waals surface area (Å²) in [7, 11) is 0. The number of halogens is 2. The van der Waals surface area contributed by atoms with Crippen molar-refractivity contribution in [1.82, 2.24) is 0 Å². The van der Waals surface area contributed by atoms with Gasteiger partial charge in [0.1, 0.15) is 17.7 Å². The molecular formula is C12H16F2O2. The van der Waals surface area contributed by atoms with Gasteiger partial charge in [0.25, 0.3) is 0 Å². The first kappa shape index (κ1) is 13.1. The predicted molar refractivity (Wildman–Crippen MR) is 57.1 cm³/mol. The van der Waals surface area contributed by atoms with Crippen molar-refractivity contribution in [2.75, 3.05) is 6.61 Å². The van der Waals surface area contributed by atoms with Crippen LogP contribution in [-0.2, 0) is 4.74 Å². The summed E-state index contributed by atoms with van der Waals surface area (Å²) in [6.07, 6.45) is -1.11. The Hall–Kier alpha value is -1.00. The average Bonchev–Trinajstić information content (AvgIpc) is 2.20. The normalized spacial score (nSPS) is 13.2. The van der Waals surface area contributed by atoms with Crippen LogP contribution in [0.15, 0.2) is 12.1 Å². The Morgan fingerprint density at radius 3 is 2.44 bits per heavy atom. The Morgan fingerprint density at radius 2 is 1.88 bits per heavy atom. The molecule has 0 radical (unpaired) electrons. The van der Waals surface area contributed by atoms with Crippen LogP contribution in [0.3, 0.4) is 0 Å². The minimum Gasteiger partial charge on any atom is -0.386 e. The quantitative estimate of drug-likeness (QED) is 0.861. The Morgan fingerprint density at radius 1 is 1.25 bits per heavy atom. The number of rotatable bonds is 4. The molecule has 0 aliphatic rings. The fourth-order valence-electron chi connectivity index (χ4n) is 1.31. The molecule has 2 nitrogen and oxygen atoms in total. The highest BCUT2D eigenvalue weighted by atomic mass is 19.1. The standard InChI is InChI=1S/C12H16F2O2/c1-7(2)16-6-12(15)9-4-8(3)10(13)5-11(9)14/h4-5,7,12,15H,6H2,1-3H3. The summed E-state index contributed by atoms with van der Waals surface area (Å²) >= 11 is 0. The molecule has 0 spiro atoms. The van der Waals surface area contributed by atoms with Gasteiger partial charge in [-0.05, 0) is 32.4 Å². The maximum absolute atomic E-state index is 13.3. The van der Waals surface area contributed by atoms with Gasteiger partial charge >= 0.3 is 0 Å². The Balaban J connectivity index is 2.82. The fourth-order valence-corrected chi connectivity index (χ4v) is 1.31. The maximum Gasteiger partial charge on any atom is 0.132 e. The van der Waals surface area contributed by atoms with Gasteiger partial charge in [-0.1, -0.05) is 0 Å². The van der Waals surface area contributed by atoms with E-state index in [1.807, 2.05) is 13.8 Å². The summed E-state index contributed by atoms with van der Waals surface area (Å²) in [5.41, 5.74) is 0.375. The number of hydrogen-bond donors (Lipinski definition) is 1. The van der Waals surface area contributed by atoms with Crippen molar-refractivity contribution in [2.45, 2.75) is 33.0 Å². The van der Waals surface area contributed by atoms with E-state index < -0.39 is 17.7 Å². The Bertz CT molecular complexity index is 364. The zero-order valence-corrected chi connectivity index (χ0v) is 9.63. The predicted octanol–water partition coefficient (Wildman–Crippen LogP) is 2.73. The second-order valence-corrected chi connectivity index (χ2v) is 4.02. The van der Waals surface area contributed by atoms with E-state index in [9.17, 15) is 13.9 Å². The second kappa shape index (κ2) is 5.37. The van der Waals surface area contributed by atoms with Gasteiger partial charge in [-0.3, -0.25) is 0 Å². The van der Waals surface area contributed by atoms with Crippen LogP contribution in [0, 0.1) is 18.6 Å². The molecule has 0 amide bonds. The highest BCUT2D eigenvalue weighted by Gasteiger charge is 2.15. The maximum atomic E-state index is 13.3. The molecule has 0 aromatic heterocycles. The fraction of sp³-hybridized carbons (Fsp3) is 0.500. The van der Waals surface area contributed by atoms with Crippen molar-refractivity contribution in [2.24, 2.45) is 0 Å². The lowest BCUT2D eigenvalue weighted by molar-refractivity contribution is 0.00354. The Labute approximate surface area is 93.9 Å². The van der Waals surface area contributed by atoms with Gasteiger partial charge in [0.05, 0.1) is 12.7 Å². The molecule has 0 aliphatic carbocycles.